The molecule has 0 aliphatic carbocycles. The van der Waals surface area contributed by atoms with Crippen LogP contribution in [0.15, 0.2) is 24.3 Å². The van der Waals surface area contributed by atoms with Gasteiger partial charge in [0.25, 0.3) is 0 Å². The minimum absolute atomic E-state index is 0.511. The van der Waals surface area contributed by atoms with E-state index in [9.17, 15) is 0 Å². The first kappa shape index (κ1) is 14.2. The molecular weight excluding hydrogens is 214 g/mol. The third-order valence-corrected chi connectivity index (χ3v) is 2.41. The summed E-state index contributed by atoms with van der Waals surface area (Å²) in [5.74, 6) is 0. The minimum Gasteiger partial charge on any atom is -0.382 e. The Labute approximate surface area is 104 Å². The first-order chi connectivity index (χ1) is 8.22. The number of rotatable bonds is 8. The van der Waals surface area contributed by atoms with Crippen molar-refractivity contribution in [1.82, 2.24) is 5.32 Å². The van der Waals surface area contributed by atoms with Crippen LogP contribution in [-0.2, 0) is 22.6 Å². The number of hydrogen-bond acceptors (Lipinski definition) is 3. The molecule has 0 amide bonds. The van der Waals surface area contributed by atoms with E-state index in [1.807, 2.05) is 0 Å². The van der Waals surface area contributed by atoms with Crippen molar-refractivity contribution in [3.63, 3.8) is 0 Å². The van der Waals surface area contributed by atoms with Crippen molar-refractivity contribution in [1.29, 1.82) is 0 Å². The lowest BCUT2D eigenvalue weighted by atomic mass is 10.1. The second kappa shape index (κ2) is 8.23. The number of hydrogen-bond donors (Lipinski definition) is 1. The van der Waals surface area contributed by atoms with Gasteiger partial charge in [0.15, 0.2) is 0 Å². The van der Waals surface area contributed by atoms with Gasteiger partial charge >= 0.3 is 0 Å². The molecule has 0 fully saturated rings. The van der Waals surface area contributed by atoms with E-state index in [2.05, 4.69) is 43.4 Å². The van der Waals surface area contributed by atoms with Gasteiger partial charge in [0.1, 0.15) is 0 Å². The third-order valence-electron chi connectivity index (χ3n) is 2.41. The Morgan fingerprint density at radius 3 is 2.65 bits per heavy atom. The van der Waals surface area contributed by atoms with Crippen LogP contribution in [0.3, 0.4) is 0 Å². The molecule has 0 aromatic heterocycles. The van der Waals surface area contributed by atoms with Crippen molar-refractivity contribution < 1.29 is 9.47 Å². The van der Waals surface area contributed by atoms with Gasteiger partial charge in [0.2, 0.25) is 0 Å². The monoisotopic (exact) mass is 237 g/mol. The summed E-state index contributed by atoms with van der Waals surface area (Å²) in [4.78, 5) is 0. The summed E-state index contributed by atoms with van der Waals surface area (Å²) in [5, 5.41) is 3.40. The molecule has 1 aromatic rings. The molecule has 0 saturated heterocycles. The van der Waals surface area contributed by atoms with E-state index in [1.54, 1.807) is 7.11 Å². The lowest BCUT2D eigenvalue weighted by molar-refractivity contribution is 0.0616. The molecule has 17 heavy (non-hydrogen) atoms. The second-order valence-electron chi connectivity index (χ2n) is 4.40. The molecule has 0 aliphatic rings. The van der Waals surface area contributed by atoms with Crippen LogP contribution in [0.1, 0.15) is 25.0 Å². The van der Waals surface area contributed by atoms with E-state index < -0.39 is 0 Å². The first-order valence-corrected chi connectivity index (χ1v) is 6.10. The van der Waals surface area contributed by atoms with Gasteiger partial charge in [-0.3, -0.25) is 0 Å². The van der Waals surface area contributed by atoms with Crippen LogP contribution in [0.25, 0.3) is 0 Å². The lowest BCUT2D eigenvalue weighted by Crippen LogP contribution is -2.21. The number of ether oxygens (including phenoxy) is 2. The number of methoxy groups -OCH3 is 1. The van der Waals surface area contributed by atoms with Gasteiger partial charge in [-0.2, -0.15) is 0 Å². The lowest BCUT2D eigenvalue weighted by Gasteiger charge is -2.09. The quantitative estimate of drug-likeness (QED) is 0.704. The molecule has 0 saturated carbocycles. The van der Waals surface area contributed by atoms with E-state index >= 15 is 0 Å². The fraction of sp³-hybridized carbons (Fsp3) is 0.571. The fourth-order valence-electron chi connectivity index (χ4n) is 1.48. The molecule has 0 unspecified atom stereocenters. The highest BCUT2D eigenvalue weighted by Gasteiger charge is 1.98. The Morgan fingerprint density at radius 1 is 1.18 bits per heavy atom. The van der Waals surface area contributed by atoms with E-state index in [0.29, 0.717) is 25.9 Å². The summed E-state index contributed by atoms with van der Waals surface area (Å²) in [6, 6.07) is 8.99. The maximum atomic E-state index is 5.50. The van der Waals surface area contributed by atoms with Crippen molar-refractivity contribution in [2.24, 2.45) is 0 Å². The highest BCUT2D eigenvalue weighted by molar-refractivity contribution is 5.22. The summed E-state index contributed by atoms with van der Waals surface area (Å²) in [6.45, 7) is 7.15. The molecule has 0 atom stereocenters. The maximum absolute atomic E-state index is 5.50. The van der Waals surface area contributed by atoms with Crippen LogP contribution in [0.4, 0.5) is 0 Å². The highest BCUT2D eigenvalue weighted by Crippen LogP contribution is 2.06. The van der Waals surface area contributed by atoms with Gasteiger partial charge in [-0.25, -0.2) is 0 Å². The molecule has 0 radical (unpaired) electrons. The predicted octanol–water partition coefficient (Wildman–Crippen LogP) is 2.35. The van der Waals surface area contributed by atoms with Crippen LogP contribution in [0.5, 0.6) is 0 Å². The van der Waals surface area contributed by atoms with Crippen LogP contribution in [-0.4, -0.2) is 26.4 Å². The Balaban J connectivity index is 2.37. The second-order valence-corrected chi connectivity index (χ2v) is 4.40. The molecule has 3 nitrogen and oxygen atoms in total. The standard InChI is InChI=1S/C14H23NO2/c1-12(2)15-10-13-5-4-6-14(9-13)11-17-8-7-16-3/h4-6,9,12,15H,7-8,10-11H2,1-3H3. The molecule has 3 heteroatoms. The zero-order valence-electron chi connectivity index (χ0n) is 11.0. The first-order valence-electron chi connectivity index (χ1n) is 6.10. The molecule has 0 aliphatic heterocycles. The summed E-state index contributed by atoms with van der Waals surface area (Å²) in [7, 11) is 1.68. The summed E-state index contributed by atoms with van der Waals surface area (Å²) < 4.78 is 10.4. The Morgan fingerprint density at radius 2 is 1.94 bits per heavy atom. The van der Waals surface area contributed by atoms with Crippen molar-refractivity contribution >= 4 is 0 Å². The van der Waals surface area contributed by atoms with Crippen molar-refractivity contribution in [3.8, 4) is 0 Å². The third kappa shape index (κ3) is 6.41. The molecular formula is C14H23NO2. The Bertz CT molecular complexity index is 313. The number of nitrogens with one attached hydrogen (secondary N) is 1. The summed E-state index contributed by atoms with van der Waals surface area (Å²) in [5.41, 5.74) is 2.51. The molecule has 0 spiro atoms. The average molecular weight is 237 g/mol. The van der Waals surface area contributed by atoms with E-state index in [1.165, 1.54) is 11.1 Å². The summed E-state index contributed by atoms with van der Waals surface area (Å²) in [6.07, 6.45) is 0. The van der Waals surface area contributed by atoms with Gasteiger partial charge in [-0.15, -0.1) is 0 Å². The van der Waals surface area contributed by atoms with Gasteiger partial charge in [-0.05, 0) is 11.1 Å². The maximum Gasteiger partial charge on any atom is 0.0718 e. The van der Waals surface area contributed by atoms with Crippen LogP contribution in [0, 0.1) is 0 Å². The van der Waals surface area contributed by atoms with Crippen LogP contribution < -0.4 is 5.32 Å². The van der Waals surface area contributed by atoms with Gasteiger partial charge in [0.05, 0.1) is 19.8 Å². The van der Waals surface area contributed by atoms with E-state index in [-0.39, 0.29) is 0 Å². The van der Waals surface area contributed by atoms with Crippen molar-refractivity contribution in [2.75, 3.05) is 20.3 Å². The molecule has 1 N–H and O–H groups in total. The molecule has 96 valence electrons. The van der Waals surface area contributed by atoms with E-state index in [4.69, 9.17) is 9.47 Å². The predicted molar refractivity (Wildman–Crippen MR) is 69.9 cm³/mol. The van der Waals surface area contributed by atoms with Gasteiger partial charge in [-0.1, -0.05) is 38.1 Å². The average Bonchev–Trinajstić information content (AvgIpc) is 2.33. The smallest absolute Gasteiger partial charge is 0.0718 e. The Kier molecular flexibility index (Phi) is 6.86. The largest absolute Gasteiger partial charge is 0.382 e. The Hall–Kier alpha value is -0.900. The normalized spacial score (nSPS) is 11.1. The van der Waals surface area contributed by atoms with Gasteiger partial charge in [0, 0.05) is 19.7 Å². The number of benzene rings is 1. The van der Waals surface area contributed by atoms with Gasteiger partial charge < -0.3 is 14.8 Å². The van der Waals surface area contributed by atoms with E-state index in [0.717, 1.165) is 6.54 Å². The molecule has 1 rings (SSSR count). The summed E-state index contributed by atoms with van der Waals surface area (Å²) >= 11 is 0. The minimum atomic E-state index is 0.511. The topological polar surface area (TPSA) is 30.5 Å². The molecule has 1 aromatic carbocycles. The highest BCUT2D eigenvalue weighted by atomic mass is 16.5. The fourth-order valence-corrected chi connectivity index (χ4v) is 1.48. The van der Waals surface area contributed by atoms with Crippen LogP contribution in [0.2, 0.25) is 0 Å². The zero-order chi connectivity index (χ0) is 12.5. The SMILES string of the molecule is COCCOCc1cccc(CNC(C)C)c1. The molecule has 0 heterocycles. The zero-order valence-corrected chi connectivity index (χ0v) is 11.0. The van der Waals surface area contributed by atoms with Crippen molar-refractivity contribution in [2.45, 2.75) is 33.0 Å². The molecule has 0 bridgehead atoms. The van der Waals surface area contributed by atoms with Crippen molar-refractivity contribution in [3.05, 3.63) is 35.4 Å². The van der Waals surface area contributed by atoms with Crippen LogP contribution >= 0.6 is 0 Å².